The number of hydrogen-bond acceptors (Lipinski definition) is 4. The molecule has 1 aromatic carbocycles. The van der Waals surface area contributed by atoms with Gasteiger partial charge in [0, 0.05) is 12.8 Å². The third-order valence-electron chi connectivity index (χ3n) is 4.47. The Morgan fingerprint density at radius 1 is 1.26 bits per heavy atom. The number of rotatable bonds is 5. The van der Waals surface area contributed by atoms with Crippen LogP contribution in [-0.4, -0.2) is 45.0 Å². The molecule has 1 fully saturated rings. The van der Waals surface area contributed by atoms with Crippen LogP contribution >= 0.6 is 12.4 Å². The van der Waals surface area contributed by atoms with Crippen molar-refractivity contribution in [1.82, 2.24) is 10.6 Å². The molecule has 23 heavy (non-hydrogen) atoms. The summed E-state index contributed by atoms with van der Waals surface area (Å²) in [5.74, 6) is -0.220. The van der Waals surface area contributed by atoms with Crippen molar-refractivity contribution in [2.75, 3.05) is 25.9 Å². The molecule has 1 aromatic rings. The van der Waals surface area contributed by atoms with Gasteiger partial charge < -0.3 is 10.6 Å². The first-order chi connectivity index (χ1) is 10.4. The van der Waals surface area contributed by atoms with E-state index in [2.05, 4.69) is 10.6 Å². The van der Waals surface area contributed by atoms with Crippen molar-refractivity contribution < 1.29 is 13.2 Å². The minimum atomic E-state index is -3.45. The van der Waals surface area contributed by atoms with Gasteiger partial charge in [0.25, 0.3) is 0 Å². The monoisotopic (exact) mass is 360 g/mol. The Bertz CT molecular complexity index is 613. The first kappa shape index (κ1) is 19.9. The second-order valence-electron chi connectivity index (χ2n) is 6.04. The molecule has 0 bridgehead atoms. The van der Waals surface area contributed by atoms with Gasteiger partial charge in [-0.2, -0.15) is 0 Å². The highest BCUT2D eigenvalue weighted by Gasteiger charge is 2.48. The number of hydrogen-bond donors (Lipinski definition) is 2. The molecule has 0 aromatic heterocycles. The summed E-state index contributed by atoms with van der Waals surface area (Å²) in [5.41, 5.74) is 1.13. The first-order valence-corrected chi connectivity index (χ1v) is 9.49. The van der Waals surface area contributed by atoms with Crippen LogP contribution < -0.4 is 10.6 Å². The average molecular weight is 361 g/mol. The van der Waals surface area contributed by atoms with Crippen LogP contribution in [0.3, 0.4) is 0 Å². The van der Waals surface area contributed by atoms with Gasteiger partial charge in [0.05, 0.1) is 0 Å². The number of piperidine rings is 1. The molecule has 2 rings (SSSR count). The van der Waals surface area contributed by atoms with Crippen LogP contribution in [0.1, 0.15) is 31.2 Å². The number of halogens is 1. The molecular formula is C16H25ClN2O3S. The van der Waals surface area contributed by atoms with Crippen LogP contribution in [0.5, 0.6) is 0 Å². The zero-order valence-electron chi connectivity index (χ0n) is 13.5. The molecule has 1 aliphatic heterocycles. The highest BCUT2D eigenvalue weighted by atomic mass is 35.5. The van der Waals surface area contributed by atoms with E-state index < -0.39 is 14.6 Å². The summed E-state index contributed by atoms with van der Waals surface area (Å²) >= 11 is 0. The average Bonchev–Trinajstić information content (AvgIpc) is 2.52. The van der Waals surface area contributed by atoms with E-state index in [1.165, 1.54) is 6.26 Å². The predicted molar refractivity (Wildman–Crippen MR) is 94.8 cm³/mol. The topological polar surface area (TPSA) is 75.3 Å². The summed E-state index contributed by atoms with van der Waals surface area (Å²) in [7, 11) is -3.45. The van der Waals surface area contributed by atoms with Crippen molar-refractivity contribution in [3.8, 4) is 0 Å². The molecule has 1 aliphatic rings. The van der Waals surface area contributed by atoms with Gasteiger partial charge in [-0.15, -0.1) is 12.4 Å². The van der Waals surface area contributed by atoms with Gasteiger partial charge in [-0.1, -0.05) is 37.3 Å². The van der Waals surface area contributed by atoms with Crippen molar-refractivity contribution in [3.05, 3.63) is 35.9 Å². The molecule has 0 aliphatic carbocycles. The van der Waals surface area contributed by atoms with Gasteiger partial charge in [0.1, 0.15) is 0 Å². The Morgan fingerprint density at radius 3 is 2.35 bits per heavy atom. The molecule has 1 saturated heterocycles. The zero-order chi connectivity index (χ0) is 16.2. The van der Waals surface area contributed by atoms with Crippen LogP contribution in [0.15, 0.2) is 30.3 Å². The van der Waals surface area contributed by atoms with Crippen molar-refractivity contribution in [3.63, 3.8) is 0 Å². The molecule has 0 saturated carbocycles. The molecule has 5 nitrogen and oxygen atoms in total. The second kappa shape index (κ2) is 8.13. The fourth-order valence-corrected chi connectivity index (χ4v) is 4.26. The largest absolute Gasteiger partial charge is 0.354 e. The standard InChI is InChI=1S/C16H24N2O3S.ClH/c1-13(14-6-4-3-5-7-14)12-18-15(19)16(22(2,20)21)8-10-17-11-9-16;/h3-7,13,17H,8-12H2,1-2H3,(H,18,19);1H. The van der Waals surface area contributed by atoms with Gasteiger partial charge in [0.2, 0.25) is 5.91 Å². The molecule has 1 atom stereocenters. The number of benzene rings is 1. The number of nitrogens with one attached hydrogen (secondary N) is 2. The van der Waals surface area contributed by atoms with Gasteiger partial charge >= 0.3 is 0 Å². The highest BCUT2D eigenvalue weighted by molar-refractivity contribution is 7.92. The third kappa shape index (κ3) is 4.46. The van der Waals surface area contributed by atoms with E-state index in [0.29, 0.717) is 32.5 Å². The van der Waals surface area contributed by atoms with E-state index in [9.17, 15) is 13.2 Å². The van der Waals surface area contributed by atoms with Crippen molar-refractivity contribution in [1.29, 1.82) is 0 Å². The number of carbonyl (C=O) groups is 1. The maximum absolute atomic E-state index is 12.6. The first-order valence-electron chi connectivity index (χ1n) is 7.60. The number of sulfone groups is 1. The Balaban J connectivity index is 0.00000264. The molecule has 1 heterocycles. The predicted octanol–water partition coefficient (Wildman–Crippen LogP) is 1.49. The molecule has 0 spiro atoms. The van der Waals surface area contributed by atoms with E-state index in [-0.39, 0.29) is 24.2 Å². The van der Waals surface area contributed by atoms with Gasteiger partial charge in [-0.05, 0) is 37.4 Å². The van der Waals surface area contributed by atoms with E-state index in [1.807, 2.05) is 37.3 Å². The minimum Gasteiger partial charge on any atom is -0.354 e. The van der Waals surface area contributed by atoms with Gasteiger partial charge in [-0.25, -0.2) is 8.42 Å². The molecule has 1 unspecified atom stereocenters. The van der Waals surface area contributed by atoms with Crippen LogP contribution in [0, 0.1) is 0 Å². The lowest BCUT2D eigenvalue weighted by molar-refractivity contribution is -0.124. The van der Waals surface area contributed by atoms with Crippen molar-refractivity contribution >= 4 is 28.2 Å². The van der Waals surface area contributed by atoms with E-state index >= 15 is 0 Å². The molecule has 7 heteroatoms. The molecule has 1 amide bonds. The molecular weight excluding hydrogens is 336 g/mol. The summed E-state index contributed by atoms with van der Waals surface area (Å²) < 4.78 is 23.1. The normalized spacial score (nSPS) is 18.5. The Hall–Kier alpha value is -1.11. The van der Waals surface area contributed by atoms with Crippen LogP contribution in [0.25, 0.3) is 0 Å². The summed E-state index contributed by atoms with van der Waals surface area (Å²) in [6.45, 7) is 3.56. The van der Waals surface area contributed by atoms with Crippen LogP contribution in [0.4, 0.5) is 0 Å². The fraction of sp³-hybridized carbons (Fsp3) is 0.562. The van der Waals surface area contributed by atoms with E-state index in [1.54, 1.807) is 0 Å². The van der Waals surface area contributed by atoms with Crippen molar-refractivity contribution in [2.24, 2.45) is 0 Å². The molecule has 130 valence electrons. The third-order valence-corrected chi connectivity index (χ3v) is 6.49. The van der Waals surface area contributed by atoms with Gasteiger partial charge in [-0.3, -0.25) is 4.79 Å². The van der Waals surface area contributed by atoms with E-state index in [0.717, 1.165) is 5.56 Å². The Kier molecular flexibility index (Phi) is 7.04. The summed E-state index contributed by atoms with van der Waals surface area (Å²) in [6.07, 6.45) is 1.83. The SMILES string of the molecule is CC(CNC(=O)C1(S(C)(=O)=O)CCNCC1)c1ccccc1.Cl. The summed E-state index contributed by atoms with van der Waals surface area (Å²) in [6, 6.07) is 9.88. The number of carbonyl (C=O) groups excluding carboxylic acids is 1. The quantitative estimate of drug-likeness (QED) is 0.834. The maximum Gasteiger partial charge on any atom is 0.241 e. The maximum atomic E-state index is 12.6. The summed E-state index contributed by atoms with van der Waals surface area (Å²) in [5, 5.41) is 5.96. The highest BCUT2D eigenvalue weighted by Crippen LogP contribution is 2.28. The lowest BCUT2D eigenvalue weighted by Gasteiger charge is -2.34. The second-order valence-corrected chi connectivity index (χ2v) is 8.36. The minimum absolute atomic E-state index is 0. The Morgan fingerprint density at radius 2 is 1.83 bits per heavy atom. The molecule has 0 radical (unpaired) electrons. The van der Waals surface area contributed by atoms with Gasteiger partial charge in [0.15, 0.2) is 14.6 Å². The Labute approximate surface area is 144 Å². The lowest BCUT2D eigenvalue weighted by Crippen LogP contribution is -2.57. The fourth-order valence-electron chi connectivity index (χ4n) is 2.90. The van der Waals surface area contributed by atoms with E-state index in [4.69, 9.17) is 0 Å². The van der Waals surface area contributed by atoms with Crippen LogP contribution in [0.2, 0.25) is 0 Å². The smallest absolute Gasteiger partial charge is 0.241 e. The number of amides is 1. The summed E-state index contributed by atoms with van der Waals surface area (Å²) in [4.78, 5) is 12.6. The van der Waals surface area contributed by atoms with Crippen LogP contribution in [-0.2, 0) is 14.6 Å². The molecule has 2 N–H and O–H groups in total. The zero-order valence-corrected chi connectivity index (χ0v) is 15.2. The lowest BCUT2D eigenvalue weighted by atomic mass is 9.95. The van der Waals surface area contributed by atoms with Crippen molar-refractivity contribution in [2.45, 2.75) is 30.4 Å².